The number of carbonyl (C=O) groups is 1. The average Bonchev–Trinajstić information content (AvgIpc) is 2.97. The lowest BCUT2D eigenvalue weighted by molar-refractivity contribution is -0.130. The van der Waals surface area contributed by atoms with Crippen molar-refractivity contribution in [2.75, 3.05) is 0 Å². The van der Waals surface area contributed by atoms with E-state index in [9.17, 15) is 13.6 Å². The lowest BCUT2D eigenvalue weighted by Crippen LogP contribution is -2.45. The van der Waals surface area contributed by atoms with E-state index in [1.165, 1.54) is 11.0 Å². The molecule has 1 fully saturated rings. The van der Waals surface area contributed by atoms with Crippen LogP contribution in [0.25, 0.3) is 0 Å². The molecular weight excluding hydrogens is 360 g/mol. The van der Waals surface area contributed by atoms with Crippen molar-refractivity contribution >= 4 is 11.9 Å². The Hall–Kier alpha value is -3.54. The fourth-order valence-corrected chi connectivity index (χ4v) is 3.51. The van der Waals surface area contributed by atoms with E-state index >= 15 is 0 Å². The monoisotopic (exact) mass is 377 g/mol. The van der Waals surface area contributed by atoms with Gasteiger partial charge in [-0.3, -0.25) is 15.1 Å². The Bertz CT molecular complexity index is 999. The predicted molar refractivity (Wildman–Crippen MR) is 101 cm³/mol. The molecule has 0 aliphatic carbocycles. The number of rotatable bonds is 4. The van der Waals surface area contributed by atoms with E-state index in [4.69, 9.17) is 5.41 Å². The molecule has 1 aliphatic rings. The van der Waals surface area contributed by atoms with Crippen molar-refractivity contribution in [1.82, 2.24) is 10.2 Å². The van der Waals surface area contributed by atoms with Crippen LogP contribution < -0.4 is 5.32 Å². The summed E-state index contributed by atoms with van der Waals surface area (Å²) in [4.78, 5) is 14.7. The number of nitrogens with one attached hydrogen (secondary N) is 2. The molecule has 1 amide bonds. The molecule has 140 valence electrons. The van der Waals surface area contributed by atoms with E-state index in [1.807, 2.05) is 60.7 Å². The topological polar surface area (TPSA) is 56.2 Å². The highest BCUT2D eigenvalue weighted by molar-refractivity contribution is 6.10. The molecule has 4 rings (SSSR count). The van der Waals surface area contributed by atoms with Gasteiger partial charge in [-0.05, 0) is 17.2 Å². The summed E-state index contributed by atoms with van der Waals surface area (Å²) in [5.74, 6) is -1.97. The lowest BCUT2D eigenvalue weighted by atomic mass is 9.82. The minimum atomic E-state index is -1.28. The molecule has 0 spiro atoms. The summed E-state index contributed by atoms with van der Waals surface area (Å²) in [5, 5.41) is 11.4. The molecule has 0 radical (unpaired) electrons. The van der Waals surface area contributed by atoms with Crippen LogP contribution in [0, 0.1) is 17.0 Å². The van der Waals surface area contributed by atoms with Gasteiger partial charge in [-0.2, -0.15) is 0 Å². The van der Waals surface area contributed by atoms with E-state index in [2.05, 4.69) is 5.32 Å². The van der Waals surface area contributed by atoms with Crippen LogP contribution in [0.1, 0.15) is 16.7 Å². The quantitative estimate of drug-likeness (QED) is 0.727. The highest BCUT2D eigenvalue weighted by Crippen LogP contribution is 2.36. The minimum Gasteiger partial charge on any atom is -0.334 e. The van der Waals surface area contributed by atoms with Gasteiger partial charge in [-0.25, -0.2) is 8.78 Å². The Balaban J connectivity index is 1.79. The summed E-state index contributed by atoms with van der Waals surface area (Å²) in [6, 6.07) is 21.4. The van der Waals surface area contributed by atoms with Gasteiger partial charge in [0.2, 0.25) is 0 Å². The standard InChI is InChI=1S/C22H17F2N3O/c23-18-12-11-15(19(24)13-18)14-27-20(28)22(26-21(27)25,16-7-3-1-4-8-16)17-9-5-2-6-10-17/h1-13H,14H2,(H2,25,26). The highest BCUT2D eigenvalue weighted by Gasteiger charge is 2.52. The van der Waals surface area contributed by atoms with E-state index in [1.54, 1.807) is 0 Å². The minimum absolute atomic E-state index is 0.137. The summed E-state index contributed by atoms with van der Waals surface area (Å²) < 4.78 is 27.3. The maximum atomic E-state index is 14.1. The zero-order chi connectivity index (χ0) is 19.7. The van der Waals surface area contributed by atoms with E-state index < -0.39 is 23.1 Å². The van der Waals surface area contributed by atoms with Crippen LogP contribution in [0.5, 0.6) is 0 Å². The molecule has 0 aromatic heterocycles. The first-order chi connectivity index (χ1) is 13.5. The number of nitrogens with zero attached hydrogens (tertiary/aromatic N) is 1. The van der Waals surface area contributed by atoms with Crippen LogP contribution in [0.4, 0.5) is 8.78 Å². The third-order valence-electron chi connectivity index (χ3n) is 4.90. The lowest BCUT2D eigenvalue weighted by Gasteiger charge is -2.28. The van der Waals surface area contributed by atoms with E-state index in [-0.39, 0.29) is 18.1 Å². The van der Waals surface area contributed by atoms with Crippen LogP contribution in [0.15, 0.2) is 78.9 Å². The van der Waals surface area contributed by atoms with Gasteiger partial charge in [0.05, 0.1) is 6.54 Å². The van der Waals surface area contributed by atoms with Crippen LogP contribution in [0.2, 0.25) is 0 Å². The van der Waals surface area contributed by atoms with Crippen molar-refractivity contribution in [2.24, 2.45) is 0 Å². The maximum Gasteiger partial charge on any atom is 0.264 e. The molecule has 2 N–H and O–H groups in total. The Kier molecular flexibility index (Phi) is 4.39. The predicted octanol–water partition coefficient (Wildman–Crippen LogP) is 3.78. The number of hydrogen-bond acceptors (Lipinski definition) is 2. The maximum absolute atomic E-state index is 14.1. The normalized spacial score (nSPS) is 15.6. The number of amides is 1. The fraction of sp³-hybridized carbons (Fsp3) is 0.0909. The molecule has 0 unspecified atom stereocenters. The molecule has 3 aromatic carbocycles. The summed E-state index contributed by atoms with van der Waals surface area (Å²) in [6.07, 6.45) is 0. The molecule has 3 aromatic rings. The van der Waals surface area contributed by atoms with E-state index in [0.29, 0.717) is 11.1 Å². The molecule has 6 heteroatoms. The molecule has 1 saturated heterocycles. The molecule has 1 aliphatic heterocycles. The number of carbonyl (C=O) groups excluding carboxylic acids is 1. The van der Waals surface area contributed by atoms with Crippen molar-refractivity contribution < 1.29 is 13.6 Å². The third kappa shape index (κ3) is 2.83. The van der Waals surface area contributed by atoms with Crippen LogP contribution >= 0.6 is 0 Å². The zero-order valence-corrected chi connectivity index (χ0v) is 14.8. The van der Waals surface area contributed by atoms with Gasteiger partial charge >= 0.3 is 0 Å². The largest absolute Gasteiger partial charge is 0.334 e. The zero-order valence-electron chi connectivity index (χ0n) is 14.8. The van der Waals surface area contributed by atoms with Crippen LogP contribution in [-0.4, -0.2) is 16.8 Å². The smallest absolute Gasteiger partial charge is 0.264 e. The van der Waals surface area contributed by atoms with Crippen LogP contribution in [0.3, 0.4) is 0 Å². The summed E-state index contributed by atoms with van der Waals surface area (Å²) >= 11 is 0. The second kappa shape index (κ2) is 6.88. The molecule has 1 heterocycles. The fourth-order valence-electron chi connectivity index (χ4n) is 3.51. The molecule has 0 bridgehead atoms. The summed E-state index contributed by atoms with van der Waals surface area (Å²) in [5.41, 5.74) is 0.213. The van der Waals surface area contributed by atoms with Gasteiger partial charge < -0.3 is 5.32 Å². The summed E-state index contributed by atoms with van der Waals surface area (Å²) in [7, 11) is 0. The van der Waals surface area contributed by atoms with Gasteiger partial charge in [0.25, 0.3) is 5.91 Å². The first-order valence-electron chi connectivity index (χ1n) is 8.76. The molecule has 28 heavy (non-hydrogen) atoms. The summed E-state index contributed by atoms with van der Waals surface area (Å²) in [6.45, 7) is -0.168. The highest BCUT2D eigenvalue weighted by atomic mass is 19.1. The molecule has 4 nitrogen and oxygen atoms in total. The van der Waals surface area contributed by atoms with Crippen molar-refractivity contribution in [1.29, 1.82) is 5.41 Å². The van der Waals surface area contributed by atoms with Gasteiger partial charge in [0.1, 0.15) is 11.6 Å². The number of guanidine groups is 1. The second-order valence-electron chi connectivity index (χ2n) is 6.58. The molecular formula is C22H17F2N3O. The number of hydrogen-bond donors (Lipinski definition) is 2. The van der Waals surface area contributed by atoms with Crippen molar-refractivity contribution in [3.05, 3.63) is 107 Å². The van der Waals surface area contributed by atoms with Crippen molar-refractivity contribution in [3.8, 4) is 0 Å². The van der Waals surface area contributed by atoms with Gasteiger partial charge in [0.15, 0.2) is 11.5 Å². The van der Waals surface area contributed by atoms with E-state index in [0.717, 1.165) is 12.1 Å². The van der Waals surface area contributed by atoms with Gasteiger partial charge in [-0.1, -0.05) is 66.7 Å². The Morgan fingerprint density at radius 3 is 2.00 bits per heavy atom. The second-order valence-corrected chi connectivity index (χ2v) is 6.58. The number of halogens is 2. The average molecular weight is 377 g/mol. The van der Waals surface area contributed by atoms with Crippen molar-refractivity contribution in [3.63, 3.8) is 0 Å². The molecule has 0 atom stereocenters. The third-order valence-corrected chi connectivity index (χ3v) is 4.90. The Labute approximate surface area is 160 Å². The van der Waals surface area contributed by atoms with Crippen molar-refractivity contribution in [2.45, 2.75) is 12.1 Å². The molecule has 0 saturated carbocycles. The SMILES string of the molecule is N=C1NC(c2ccccc2)(c2ccccc2)C(=O)N1Cc1ccc(F)cc1F. The Morgan fingerprint density at radius 1 is 0.893 bits per heavy atom. The Morgan fingerprint density at radius 2 is 1.46 bits per heavy atom. The first kappa shape index (κ1) is 17.9. The van der Waals surface area contributed by atoms with Crippen LogP contribution in [-0.2, 0) is 16.9 Å². The number of benzene rings is 3. The van der Waals surface area contributed by atoms with Gasteiger partial charge in [-0.15, -0.1) is 0 Å². The first-order valence-corrected chi connectivity index (χ1v) is 8.76. The van der Waals surface area contributed by atoms with Gasteiger partial charge in [0, 0.05) is 11.6 Å².